The Bertz CT molecular complexity index is 1580. The third-order valence-corrected chi connectivity index (χ3v) is 8.06. The lowest BCUT2D eigenvalue weighted by Crippen LogP contribution is -2.60. The zero-order chi connectivity index (χ0) is 30.3. The van der Waals surface area contributed by atoms with Crippen molar-refractivity contribution in [1.29, 1.82) is 0 Å². The van der Waals surface area contributed by atoms with Crippen molar-refractivity contribution in [2.24, 2.45) is 18.9 Å². The molecule has 1 saturated heterocycles. The zero-order valence-electron chi connectivity index (χ0n) is 23.3. The number of fused-ring (bicyclic) bond motifs is 3. The van der Waals surface area contributed by atoms with Gasteiger partial charge in [0.1, 0.15) is 24.4 Å². The lowest BCUT2D eigenvalue weighted by molar-refractivity contribution is -0.339. The quantitative estimate of drug-likeness (QED) is 0.180. The molecular weight excluding hydrogens is 552 g/mol. The third-order valence-electron chi connectivity index (χ3n) is 8.06. The topological polar surface area (TPSA) is 182 Å². The van der Waals surface area contributed by atoms with Crippen LogP contribution < -0.4 is 10.3 Å². The number of pyridine rings is 1. The van der Waals surface area contributed by atoms with Crippen molar-refractivity contribution in [2.75, 3.05) is 20.8 Å². The van der Waals surface area contributed by atoms with Gasteiger partial charge in [0.05, 0.1) is 43.6 Å². The monoisotopic (exact) mass is 586 g/mol. The van der Waals surface area contributed by atoms with Gasteiger partial charge in [-0.15, -0.1) is 6.58 Å². The Morgan fingerprint density at radius 2 is 1.88 bits per heavy atom. The fraction of sp³-hybridized carbons (Fsp3) is 0.448. The Kier molecular flexibility index (Phi) is 8.42. The molecule has 2 aliphatic heterocycles. The first-order valence-corrected chi connectivity index (χ1v) is 13.3. The van der Waals surface area contributed by atoms with Crippen molar-refractivity contribution < 1.29 is 48.9 Å². The van der Waals surface area contributed by atoms with E-state index in [1.54, 1.807) is 7.05 Å². The van der Waals surface area contributed by atoms with E-state index in [9.17, 15) is 30.0 Å². The number of para-hydroxylation sites is 1. The number of nitrogens with one attached hydrogen (secondary N) is 1. The van der Waals surface area contributed by atoms with Crippen LogP contribution in [-0.4, -0.2) is 93.8 Å². The third kappa shape index (κ3) is 4.87. The van der Waals surface area contributed by atoms with Crippen LogP contribution in [0.4, 0.5) is 0 Å². The summed E-state index contributed by atoms with van der Waals surface area (Å²) in [6.07, 6.45) is -5.95. The predicted octanol–water partition coefficient (Wildman–Crippen LogP) is 0.219. The Balaban J connectivity index is 1.58. The molecule has 42 heavy (non-hydrogen) atoms. The molecule has 4 heterocycles. The smallest absolute Gasteiger partial charge is 0.337 e. The molecule has 13 nitrogen and oxygen atoms in total. The van der Waals surface area contributed by atoms with E-state index in [0.29, 0.717) is 16.6 Å². The lowest BCUT2D eigenvalue weighted by atomic mass is 9.80. The number of aromatic nitrogens is 2. The van der Waals surface area contributed by atoms with Gasteiger partial charge in [-0.1, -0.05) is 24.3 Å². The van der Waals surface area contributed by atoms with Crippen molar-refractivity contribution in [1.82, 2.24) is 9.55 Å². The second-order valence-electron chi connectivity index (χ2n) is 10.3. The minimum atomic E-state index is -1.67. The van der Waals surface area contributed by atoms with Crippen LogP contribution in [0, 0.1) is 11.8 Å². The molecule has 2 aromatic heterocycles. The van der Waals surface area contributed by atoms with Crippen molar-refractivity contribution in [3.63, 3.8) is 0 Å². The summed E-state index contributed by atoms with van der Waals surface area (Å²) in [5, 5.41) is 41.8. The molecule has 5 rings (SSSR count). The van der Waals surface area contributed by atoms with E-state index in [-0.39, 0.29) is 23.3 Å². The maximum atomic E-state index is 13.5. The van der Waals surface area contributed by atoms with Crippen LogP contribution in [0.15, 0.2) is 53.6 Å². The van der Waals surface area contributed by atoms with Gasteiger partial charge in [0.25, 0.3) is 5.56 Å². The Morgan fingerprint density at radius 3 is 2.55 bits per heavy atom. The number of carbonyl (C=O) groups is 1. The largest absolute Gasteiger partial charge is 0.491 e. The molecule has 0 amide bonds. The van der Waals surface area contributed by atoms with Crippen molar-refractivity contribution in [3.8, 4) is 5.75 Å². The highest BCUT2D eigenvalue weighted by atomic mass is 16.8. The average Bonchev–Trinajstić information content (AvgIpc) is 3.38. The molecule has 1 fully saturated rings. The first-order chi connectivity index (χ1) is 20.2. The second-order valence-corrected chi connectivity index (χ2v) is 10.3. The summed E-state index contributed by atoms with van der Waals surface area (Å²) in [6, 6.07) is 7.49. The number of aliphatic hydroxyl groups excluding tert-OH is 4. The average molecular weight is 587 g/mol. The molecule has 13 heteroatoms. The number of aliphatic hydroxyl groups is 4. The number of ether oxygens (including phenoxy) is 5. The van der Waals surface area contributed by atoms with E-state index in [0.717, 1.165) is 10.9 Å². The Hall–Kier alpha value is -3.72. The maximum Gasteiger partial charge on any atom is 0.337 e. The molecule has 8 atom stereocenters. The minimum Gasteiger partial charge on any atom is -0.491 e. The molecule has 0 bridgehead atoms. The summed E-state index contributed by atoms with van der Waals surface area (Å²) in [7, 11) is 4.28. The highest BCUT2D eigenvalue weighted by molar-refractivity contribution is 6.11. The number of aromatic amines is 1. The SMILES string of the molecule is C=C[C@H]1[C@H](O[C@@H]2O[C@H](CO)[C@@H](O)[C@H](O)[C@H]2O)OC=C(C(=O)OC)[C@H]1Cc1c2[nH]c3ccccc3c2c(OC)c(=O)n1C. The van der Waals surface area contributed by atoms with E-state index in [4.69, 9.17) is 23.7 Å². The van der Waals surface area contributed by atoms with Gasteiger partial charge in [-0.05, 0) is 12.5 Å². The van der Waals surface area contributed by atoms with Crippen LogP contribution in [0.5, 0.6) is 5.75 Å². The molecule has 0 radical (unpaired) electrons. The van der Waals surface area contributed by atoms with Crippen molar-refractivity contribution in [2.45, 2.75) is 43.4 Å². The number of methoxy groups -OCH3 is 2. The standard InChI is InChI=1S/C29H34N2O11/c1-5-13-15(10-18-21-20(25(38-3)26(36)31(18)2)14-8-6-7-9-17(14)30-21)16(27(37)39-4)12-40-28(13)42-29-24(35)23(34)22(33)19(11-32)41-29/h5-9,12-13,15,19,22-24,28-30,32-35H,1,10-11H2,2-4H3/t13-,15+,19-,22-,23+,24-,28+,29+/m1/s1. The van der Waals surface area contributed by atoms with E-state index in [2.05, 4.69) is 11.6 Å². The summed E-state index contributed by atoms with van der Waals surface area (Å²) in [5.74, 6) is -1.95. The van der Waals surface area contributed by atoms with E-state index in [1.807, 2.05) is 24.3 Å². The molecule has 226 valence electrons. The fourth-order valence-electron chi connectivity index (χ4n) is 5.77. The van der Waals surface area contributed by atoms with Gasteiger partial charge < -0.3 is 53.7 Å². The number of rotatable bonds is 8. The van der Waals surface area contributed by atoms with Gasteiger partial charge in [0, 0.05) is 35.5 Å². The molecule has 0 saturated carbocycles. The van der Waals surface area contributed by atoms with E-state index >= 15 is 0 Å². The summed E-state index contributed by atoms with van der Waals surface area (Å²) in [5.41, 5.74) is 1.78. The number of carbonyl (C=O) groups excluding carboxylic acids is 1. The predicted molar refractivity (Wildman–Crippen MR) is 148 cm³/mol. The Labute approximate surface area is 240 Å². The number of hydrogen-bond acceptors (Lipinski definition) is 11. The lowest BCUT2D eigenvalue weighted by Gasteiger charge is -2.43. The highest BCUT2D eigenvalue weighted by Gasteiger charge is 2.47. The molecule has 5 N–H and O–H groups in total. The van der Waals surface area contributed by atoms with Gasteiger partial charge in [0.2, 0.25) is 6.29 Å². The van der Waals surface area contributed by atoms with E-state index < -0.39 is 61.4 Å². The number of H-pyrrole nitrogens is 1. The number of hydrogen-bond donors (Lipinski definition) is 5. The van der Waals surface area contributed by atoms with Gasteiger partial charge in [0.15, 0.2) is 12.0 Å². The van der Waals surface area contributed by atoms with Crippen LogP contribution in [0.3, 0.4) is 0 Å². The number of esters is 1. The van der Waals surface area contributed by atoms with Crippen molar-refractivity contribution in [3.05, 3.63) is 64.8 Å². The Morgan fingerprint density at radius 1 is 1.14 bits per heavy atom. The molecule has 0 spiro atoms. The highest BCUT2D eigenvalue weighted by Crippen LogP contribution is 2.39. The molecule has 0 unspecified atom stereocenters. The van der Waals surface area contributed by atoms with Crippen LogP contribution >= 0.6 is 0 Å². The summed E-state index contributed by atoms with van der Waals surface area (Å²) < 4.78 is 29.2. The molecule has 1 aromatic carbocycles. The van der Waals surface area contributed by atoms with Gasteiger partial charge in [-0.25, -0.2) is 4.79 Å². The summed E-state index contributed by atoms with van der Waals surface area (Å²) in [6.45, 7) is 3.28. The van der Waals surface area contributed by atoms with Gasteiger partial charge in [-0.2, -0.15) is 0 Å². The number of nitrogens with zero attached hydrogens (tertiary/aromatic N) is 1. The molecule has 2 aliphatic rings. The normalized spacial score (nSPS) is 29.6. The zero-order valence-corrected chi connectivity index (χ0v) is 23.3. The summed E-state index contributed by atoms with van der Waals surface area (Å²) in [4.78, 5) is 29.7. The van der Waals surface area contributed by atoms with Crippen molar-refractivity contribution >= 4 is 27.8 Å². The minimum absolute atomic E-state index is 0.120. The first kappa shape index (κ1) is 29.8. The number of benzene rings is 1. The molecular formula is C29H34N2O11. The molecule has 0 aliphatic carbocycles. The maximum absolute atomic E-state index is 13.5. The van der Waals surface area contributed by atoms with Crippen LogP contribution in [0.1, 0.15) is 5.69 Å². The van der Waals surface area contributed by atoms with Gasteiger partial charge >= 0.3 is 5.97 Å². The molecule has 3 aromatic rings. The first-order valence-electron chi connectivity index (χ1n) is 13.3. The van der Waals surface area contributed by atoms with Crippen LogP contribution in [0.2, 0.25) is 0 Å². The fourth-order valence-corrected chi connectivity index (χ4v) is 5.77. The van der Waals surface area contributed by atoms with Crippen LogP contribution in [0.25, 0.3) is 21.8 Å². The second kappa shape index (κ2) is 11.9. The van der Waals surface area contributed by atoms with E-state index in [1.165, 1.54) is 31.1 Å². The summed E-state index contributed by atoms with van der Waals surface area (Å²) >= 11 is 0. The van der Waals surface area contributed by atoms with Crippen LogP contribution in [-0.2, 0) is 37.2 Å². The van der Waals surface area contributed by atoms with Gasteiger partial charge in [-0.3, -0.25) is 4.79 Å².